The van der Waals surface area contributed by atoms with Crippen molar-refractivity contribution in [2.24, 2.45) is 0 Å². The normalized spacial score (nSPS) is 9.86. The molecule has 148 valence electrons. The number of amides is 1. The first-order chi connectivity index (χ1) is 14.0. The average molecular weight is 427 g/mol. The number of fused-ring (bicyclic) bond motifs is 1. The van der Waals surface area contributed by atoms with Crippen LogP contribution in [0, 0.1) is 11.3 Å². The van der Waals surface area contributed by atoms with E-state index in [1.807, 2.05) is 36.4 Å². The third-order valence-corrected chi connectivity index (χ3v) is 4.96. The second-order valence-electron chi connectivity index (χ2n) is 6.31. The van der Waals surface area contributed by atoms with Crippen molar-refractivity contribution in [3.05, 3.63) is 81.8 Å². The molecule has 0 N–H and O–H groups in total. The minimum absolute atomic E-state index is 0.130. The zero-order valence-electron chi connectivity index (χ0n) is 15.9. The van der Waals surface area contributed by atoms with Gasteiger partial charge in [0.2, 0.25) is 0 Å². The van der Waals surface area contributed by atoms with Crippen LogP contribution in [0.3, 0.4) is 0 Å². The number of hydrogen-bond acceptors (Lipinski definition) is 3. The molecule has 3 aromatic carbocycles. The van der Waals surface area contributed by atoms with Gasteiger partial charge in [0.25, 0.3) is 5.91 Å². The van der Waals surface area contributed by atoms with Crippen LogP contribution in [0.15, 0.2) is 60.7 Å². The van der Waals surface area contributed by atoms with Crippen LogP contribution in [0.5, 0.6) is 0 Å². The molecule has 0 aliphatic heterocycles. The van der Waals surface area contributed by atoms with E-state index in [0.29, 0.717) is 40.6 Å². The standard InChI is InChI=1S/C17H16N2O2.C6H4Cl2/c1-19(8-4-5-9-20)17(21)16-11-13(12-18)10-14-6-2-3-7-15(14)16;7-5-3-1-2-4-6(5)8/h2-3,6-7,9-11H,4-5,8H2,1H3;1-4H. The molecule has 3 rings (SSSR count). The summed E-state index contributed by atoms with van der Waals surface area (Å²) in [6.45, 7) is 0.517. The molecule has 0 saturated carbocycles. The monoisotopic (exact) mass is 426 g/mol. The fraction of sp³-hybridized carbons (Fsp3) is 0.174. The second kappa shape index (κ2) is 11.2. The Morgan fingerprint density at radius 1 is 1.07 bits per heavy atom. The summed E-state index contributed by atoms with van der Waals surface area (Å²) in [6, 6.07) is 20.2. The van der Waals surface area contributed by atoms with Crippen LogP contribution in [0.2, 0.25) is 10.0 Å². The molecule has 0 radical (unpaired) electrons. The van der Waals surface area contributed by atoms with Crippen molar-refractivity contribution in [3.8, 4) is 6.07 Å². The van der Waals surface area contributed by atoms with Crippen LogP contribution in [0.25, 0.3) is 10.8 Å². The number of carbonyl (C=O) groups is 2. The molecule has 6 heteroatoms. The maximum Gasteiger partial charge on any atom is 0.254 e. The van der Waals surface area contributed by atoms with Crippen molar-refractivity contribution >= 4 is 46.2 Å². The molecular formula is C23H20Cl2N2O2. The average Bonchev–Trinajstić information content (AvgIpc) is 2.75. The third kappa shape index (κ3) is 6.32. The van der Waals surface area contributed by atoms with Gasteiger partial charge in [-0.1, -0.05) is 59.6 Å². The summed E-state index contributed by atoms with van der Waals surface area (Å²) in [5, 5.41) is 12.0. The SMILES string of the molecule is CN(CCCC=O)C(=O)c1cc(C#N)cc2ccccc12.Clc1ccccc1Cl. The van der Waals surface area contributed by atoms with Crippen LogP contribution in [-0.2, 0) is 4.79 Å². The number of unbranched alkanes of at least 4 members (excludes halogenated alkanes) is 1. The molecule has 0 spiro atoms. The minimum atomic E-state index is -0.130. The van der Waals surface area contributed by atoms with Gasteiger partial charge in [-0.25, -0.2) is 0 Å². The highest BCUT2D eigenvalue weighted by molar-refractivity contribution is 6.41. The Hall–Kier alpha value is -2.87. The van der Waals surface area contributed by atoms with Crippen molar-refractivity contribution in [1.82, 2.24) is 4.90 Å². The van der Waals surface area contributed by atoms with Gasteiger partial charge in [-0.15, -0.1) is 0 Å². The lowest BCUT2D eigenvalue weighted by atomic mass is 10.0. The minimum Gasteiger partial charge on any atom is -0.342 e. The topological polar surface area (TPSA) is 61.2 Å². The maximum absolute atomic E-state index is 12.5. The fourth-order valence-electron chi connectivity index (χ4n) is 2.71. The van der Waals surface area contributed by atoms with E-state index in [1.54, 1.807) is 36.2 Å². The molecule has 0 aromatic heterocycles. The molecule has 3 aromatic rings. The summed E-state index contributed by atoms with van der Waals surface area (Å²) in [5.74, 6) is -0.130. The lowest BCUT2D eigenvalue weighted by Gasteiger charge is -2.18. The van der Waals surface area contributed by atoms with Crippen LogP contribution >= 0.6 is 23.2 Å². The quantitative estimate of drug-likeness (QED) is 0.385. The molecular weight excluding hydrogens is 407 g/mol. The molecule has 0 unspecified atom stereocenters. The molecule has 0 bridgehead atoms. The van der Waals surface area contributed by atoms with Gasteiger partial charge in [0, 0.05) is 25.6 Å². The fourth-order valence-corrected chi connectivity index (χ4v) is 2.98. The molecule has 4 nitrogen and oxygen atoms in total. The van der Waals surface area contributed by atoms with Gasteiger partial charge in [-0.05, 0) is 41.5 Å². The Bertz CT molecular complexity index is 1020. The Kier molecular flexibility index (Phi) is 8.67. The van der Waals surface area contributed by atoms with Gasteiger partial charge in [0.15, 0.2) is 0 Å². The first-order valence-electron chi connectivity index (χ1n) is 9.00. The van der Waals surface area contributed by atoms with Gasteiger partial charge < -0.3 is 9.69 Å². The number of rotatable bonds is 5. The van der Waals surface area contributed by atoms with Crippen LogP contribution < -0.4 is 0 Å². The predicted octanol–water partition coefficient (Wildman–Crippen LogP) is 5.76. The third-order valence-electron chi connectivity index (χ3n) is 4.21. The van der Waals surface area contributed by atoms with Crippen LogP contribution in [-0.4, -0.2) is 30.7 Å². The Morgan fingerprint density at radius 3 is 2.28 bits per heavy atom. The molecule has 1 amide bonds. The van der Waals surface area contributed by atoms with Crippen molar-refractivity contribution in [3.63, 3.8) is 0 Å². The Morgan fingerprint density at radius 2 is 1.69 bits per heavy atom. The second-order valence-corrected chi connectivity index (χ2v) is 7.12. The molecule has 0 aliphatic carbocycles. The Balaban J connectivity index is 0.000000313. The van der Waals surface area contributed by atoms with E-state index in [4.69, 9.17) is 28.5 Å². The molecule has 0 atom stereocenters. The number of aldehydes is 1. The van der Waals surface area contributed by atoms with Gasteiger partial charge in [-0.3, -0.25) is 4.79 Å². The smallest absolute Gasteiger partial charge is 0.254 e. The summed E-state index contributed by atoms with van der Waals surface area (Å²) in [4.78, 5) is 24.5. The van der Waals surface area contributed by atoms with Crippen molar-refractivity contribution in [1.29, 1.82) is 5.26 Å². The van der Waals surface area contributed by atoms with E-state index in [2.05, 4.69) is 6.07 Å². The predicted molar refractivity (Wildman–Crippen MR) is 117 cm³/mol. The van der Waals surface area contributed by atoms with E-state index in [1.165, 1.54) is 0 Å². The number of hydrogen-bond donors (Lipinski definition) is 0. The Labute approximate surface area is 180 Å². The highest BCUT2D eigenvalue weighted by Gasteiger charge is 2.15. The first kappa shape index (κ1) is 22.4. The molecule has 0 aliphatic rings. The molecule has 0 fully saturated rings. The number of halogens is 2. The van der Waals surface area contributed by atoms with Crippen molar-refractivity contribution in [2.75, 3.05) is 13.6 Å². The number of nitriles is 1. The summed E-state index contributed by atoms with van der Waals surface area (Å²) >= 11 is 11.2. The molecule has 0 saturated heterocycles. The zero-order chi connectivity index (χ0) is 21.2. The highest BCUT2D eigenvalue weighted by Crippen LogP contribution is 2.22. The summed E-state index contributed by atoms with van der Waals surface area (Å²) < 4.78 is 0. The first-order valence-corrected chi connectivity index (χ1v) is 9.75. The lowest BCUT2D eigenvalue weighted by molar-refractivity contribution is -0.108. The van der Waals surface area contributed by atoms with E-state index in [-0.39, 0.29) is 5.91 Å². The zero-order valence-corrected chi connectivity index (χ0v) is 17.5. The molecule has 0 heterocycles. The largest absolute Gasteiger partial charge is 0.342 e. The van der Waals surface area contributed by atoms with Gasteiger partial charge in [0.1, 0.15) is 6.29 Å². The van der Waals surface area contributed by atoms with Crippen LogP contribution in [0.4, 0.5) is 0 Å². The number of benzene rings is 3. The summed E-state index contributed by atoms with van der Waals surface area (Å²) in [5.41, 5.74) is 0.997. The van der Waals surface area contributed by atoms with E-state index in [0.717, 1.165) is 17.1 Å². The number of nitrogens with zero attached hydrogens (tertiary/aromatic N) is 2. The summed E-state index contributed by atoms with van der Waals surface area (Å²) in [7, 11) is 1.71. The van der Waals surface area contributed by atoms with Crippen molar-refractivity contribution in [2.45, 2.75) is 12.8 Å². The number of carbonyl (C=O) groups excluding carboxylic acids is 2. The van der Waals surface area contributed by atoms with E-state index in [9.17, 15) is 9.59 Å². The maximum atomic E-state index is 12.5. The van der Waals surface area contributed by atoms with Gasteiger partial charge >= 0.3 is 0 Å². The van der Waals surface area contributed by atoms with Crippen LogP contribution in [0.1, 0.15) is 28.8 Å². The lowest BCUT2D eigenvalue weighted by Crippen LogP contribution is -2.28. The van der Waals surface area contributed by atoms with E-state index < -0.39 is 0 Å². The van der Waals surface area contributed by atoms with Crippen molar-refractivity contribution < 1.29 is 9.59 Å². The van der Waals surface area contributed by atoms with Gasteiger partial charge in [-0.2, -0.15) is 5.26 Å². The van der Waals surface area contributed by atoms with Gasteiger partial charge in [0.05, 0.1) is 21.7 Å². The summed E-state index contributed by atoms with van der Waals surface area (Å²) in [6.07, 6.45) is 1.93. The highest BCUT2D eigenvalue weighted by atomic mass is 35.5. The molecule has 29 heavy (non-hydrogen) atoms. The van der Waals surface area contributed by atoms with E-state index >= 15 is 0 Å².